The van der Waals surface area contributed by atoms with Gasteiger partial charge in [0.1, 0.15) is 11.2 Å². The zero-order chi connectivity index (χ0) is 14.0. The molecule has 5 heteroatoms. The second kappa shape index (κ2) is 5.09. The summed E-state index contributed by atoms with van der Waals surface area (Å²) in [6.45, 7) is 2.35. The van der Waals surface area contributed by atoms with Crippen molar-refractivity contribution < 1.29 is 23.7 Å². The van der Waals surface area contributed by atoms with E-state index in [4.69, 9.17) is 18.9 Å². The number of benzene rings is 1. The molecule has 104 valence electrons. The van der Waals surface area contributed by atoms with Crippen LogP contribution in [0, 0.1) is 0 Å². The van der Waals surface area contributed by atoms with Gasteiger partial charge in [-0.05, 0) is 24.6 Å². The molecule has 0 atom stereocenters. The van der Waals surface area contributed by atoms with Crippen LogP contribution in [0.5, 0.6) is 17.2 Å². The Balaban J connectivity index is 2.56. The summed E-state index contributed by atoms with van der Waals surface area (Å²) in [5.41, 5.74) is 0.244. The number of rotatable bonds is 5. The smallest absolute Gasteiger partial charge is 0.203 e. The minimum Gasteiger partial charge on any atom is -0.493 e. The SMILES string of the molecule is COc1cc(C2(C(C)=O)COC2)cc(OC)c1OC. The van der Waals surface area contributed by atoms with Crippen molar-refractivity contribution in [3.05, 3.63) is 17.7 Å². The van der Waals surface area contributed by atoms with Crippen LogP contribution in [0.25, 0.3) is 0 Å². The molecule has 0 radical (unpaired) electrons. The van der Waals surface area contributed by atoms with Gasteiger partial charge in [-0.1, -0.05) is 0 Å². The first-order valence-corrected chi connectivity index (χ1v) is 5.98. The molecule has 1 aromatic rings. The molecule has 0 spiro atoms. The minimum absolute atomic E-state index is 0.0769. The van der Waals surface area contributed by atoms with Gasteiger partial charge in [0.2, 0.25) is 5.75 Å². The highest BCUT2D eigenvalue weighted by molar-refractivity contribution is 5.89. The third kappa shape index (κ3) is 2.04. The van der Waals surface area contributed by atoms with Crippen molar-refractivity contribution in [1.82, 2.24) is 0 Å². The van der Waals surface area contributed by atoms with Crippen molar-refractivity contribution in [3.8, 4) is 17.2 Å². The largest absolute Gasteiger partial charge is 0.493 e. The van der Waals surface area contributed by atoms with Gasteiger partial charge >= 0.3 is 0 Å². The molecule has 1 aromatic carbocycles. The van der Waals surface area contributed by atoms with E-state index in [1.807, 2.05) is 12.1 Å². The Labute approximate surface area is 112 Å². The number of hydrogen-bond donors (Lipinski definition) is 0. The molecule has 5 nitrogen and oxygen atoms in total. The van der Waals surface area contributed by atoms with Crippen molar-refractivity contribution in [3.63, 3.8) is 0 Å². The first kappa shape index (κ1) is 13.7. The van der Waals surface area contributed by atoms with Crippen molar-refractivity contribution in [2.75, 3.05) is 34.5 Å². The molecule has 0 aliphatic carbocycles. The first-order valence-electron chi connectivity index (χ1n) is 5.98. The summed E-state index contributed by atoms with van der Waals surface area (Å²) in [6.07, 6.45) is 0. The van der Waals surface area contributed by atoms with E-state index in [2.05, 4.69) is 0 Å². The molecule has 1 aliphatic rings. The second-order valence-corrected chi connectivity index (χ2v) is 4.55. The Hall–Kier alpha value is -1.75. The van der Waals surface area contributed by atoms with E-state index in [0.29, 0.717) is 30.5 Å². The Bertz CT molecular complexity index is 466. The van der Waals surface area contributed by atoms with E-state index < -0.39 is 5.41 Å². The fraction of sp³-hybridized carbons (Fsp3) is 0.500. The number of carbonyl (C=O) groups excluding carboxylic acids is 1. The molecular weight excluding hydrogens is 248 g/mol. The van der Waals surface area contributed by atoms with Crippen LogP contribution in [0.2, 0.25) is 0 Å². The van der Waals surface area contributed by atoms with Crippen LogP contribution in [0.1, 0.15) is 12.5 Å². The van der Waals surface area contributed by atoms with E-state index >= 15 is 0 Å². The van der Waals surface area contributed by atoms with Gasteiger partial charge in [-0.15, -0.1) is 0 Å². The Kier molecular flexibility index (Phi) is 3.66. The molecule has 0 bridgehead atoms. The number of methoxy groups -OCH3 is 3. The maximum Gasteiger partial charge on any atom is 0.203 e. The molecule has 0 N–H and O–H groups in total. The minimum atomic E-state index is -0.590. The van der Waals surface area contributed by atoms with Gasteiger partial charge in [0.05, 0.1) is 34.5 Å². The van der Waals surface area contributed by atoms with Gasteiger partial charge in [-0.2, -0.15) is 0 Å². The lowest BCUT2D eigenvalue weighted by molar-refractivity contribution is -0.140. The van der Waals surface area contributed by atoms with Gasteiger partial charge in [-0.3, -0.25) is 4.79 Å². The van der Waals surface area contributed by atoms with E-state index in [9.17, 15) is 4.79 Å². The Morgan fingerprint density at radius 3 is 1.89 bits per heavy atom. The monoisotopic (exact) mass is 266 g/mol. The molecule has 1 fully saturated rings. The van der Waals surface area contributed by atoms with Crippen molar-refractivity contribution in [2.24, 2.45) is 0 Å². The number of ketones is 1. The lowest BCUT2D eigenvalue weighted by atomic mass is 9.75. The number of hydrogen-bond acceptors (Lipinski definition) is 5. The van der Waals surface area contributed by atoms with Crippen LogP contribution in [0.3, 0.4) is 0 Å². The third-order valence-corrected chi connectivity index (χ3v) is 3.59. The van der Waals surface area contributed by atoms with Crippen LogP contribution in [-0.4, -0.2) is 40.3 Å². The van der Waals surface area contributed by atoms with E-state index in [-0.39, 0.29) is 5.78 Å². The van der Waals surface area contributed by atoms with Crippen LogP contribution < -0.4 is 14.2 Å². The molecular formula is C14H18O5. The highest BCUT2D eigenvalue weighted by Crippen LogP contribution is 2.43. The van der Waals surface area contributed by atoms with E-state index in [0.717, 1.165) is 5.56 Å². The molecule has 1 aliphatic heterocycles. The fourth-order valence-corrected chi connectivity index (χ4v) is 2.24. The van der Waals surface area contributed by atoms with E-state index in [1.165, 1.54) is 0 Å². The number of Topliss-reactive ketones (excluding diaryl/α,β-unsaturated/α-hetero) is 1. The molecule has 19 heavy (non-hydrogen) atoms. The highest BCUT2D eigenvalue weighted by Gasteiger charge is 2.45. The van der Waals surface area contributed by atoms with Gasteiger partial charge in [0, 0.05) is 0 Å². The summed E-state index contributed by atoms with van der Waals surface area (Å²) < 4.78 is 21.1. The van der Waals surface area contributed by atoms with Gasteiger partial charge in [0.15, 0.2) is 11.5 Å². The maximum atomic E-state index is 11.9. The predicted octanol–water partition coefficient (Wildman–Crippen LogP) is 1.57. The summed E-state index contributed by atoms with van der Waals surface area (Å²) in [7, 11) is 4.66. The average molecular weight is 266 g/mol. The topological polar surface area (TPSA) is 54.0 Å². The second-order valence-electron chi connectivity index (χ2n) is 4.55. The zero-order valence-corrected chi connectivity index (χ0v) is 11.6. The van der Waals surface area contributed by atoms with E-state index in [1.54, 1.807) is 28.3 Å². The molecule has 1 saturated heterocycles. The van der Waals surface area contributed by atoms with Crippen LogP contribution in [-0.2, 0) is 14.9 Å². The van der Waals surface area contributed by atoms with Gasteiger partial charge in [0.25, 0.3) is 0 Å². The van der Waals surface area contributed by atoms with Gasteiger partial charge < -0.3 is 18.9 Å². The zero-order valence-electron chi connectivity index (χ0n) is 11.6. The molecule has 1 heterocycles. The van der Waals surface area contributed by atoms with Crippen molar-refractivity contribution >= 4 is 5.78 Å². The maximum absolute atomic E-state index is 11.9. The normalized spacial score (nSPS) is 16.4. The number of carbonyl (C=O) groups is 1. The molecule has 0 amide bonds. The summed E-state index contributed by atoms with van der Waals surface area (Å²) in [5.74, 6) is 1.69. The summed E-state index contributed by atoms with van der Waals surface area (Å²) in [5, 5.41) is 0. The van der Waals surface area contributed by atoms with Crippen molar-refractivity contribution in [1.29, 1.82) is 0 Å². The fourth-order valence-electron chi connectivity index (χ4n) is 2.24. The summed E-state index contributed by atoms with van der Waals surface area (Å²) >= 11 is 0. The standard InChI is InChI=1S/C14H18O5/c1-9(15)14(7-19-8-14)10-5-11(16-2)13(18-4)12(6-10)17-3/h5-6H,7-8H2,1-4H3. The predicted molar refractivity (Wildman–Crippen MR) is 69.3 cm³/mol. The summed E-state index contributed by atoms with van der Waals surface area (Å²) in [6, 6.07) is 3.62. The van der Waals surface area contributed by atoms with Crippen LogP contribution in [0.15, 0.2) is 12.1 Å². The Morgan fingerprint density at radius 2 is 1.63 bits per heavy atom. The van der Waals surface area contributed by atoms with Gasteiger partial charge in [-0.25, -0.2) is 0 Å². The first-order chi connectivity index (χ1) is 9.08. The van der Waals surface area contributed by atoms with Crippen LogP contribution >= 0.6 is 0 Å². The van der Waals surface area contributed by atoms with Crippen LogP contribution in [0.4, 0.5) is 0 Å². The average Bonchev–Trinajstić information content (AvgIpc) is 2.35. The molecule has 0 unspecified atom stereocenters. The Morgan fingerprint density at radius 1 is 1.11 bits per heavy atom. The van der Waals surface area contributed by atoms with Crippen molar-refractivity contribution in [2.45, 2.75) is 12.3 Å². The lowest BCUT2D eigenvalue weighted by Gasteiger charge is -2.40. The molecule has 0 aromatic heterocycles. The lowest BCUT2D eigenvalue weighted by Crippen LogP contribution is -2.52. The number of ether oxygens (including phenoxy) is 4. The molecule has 2 rings (SSSR count). The third-order valence-electron chi connectivity index (χ3n) is 3.59. The quantitative estimate of drug-likeness (QED) is 0.809. The molecule has 0 saturated carbocycles. The highest BCUT2D eigenvalue weighted by atomic mass is 16.5. The summed E-state index contributed by atoms with van der Waals surface area (Å²) in [4.78, 5) is 11.9.